The molecule has 3 rings (SSSR count). The van der Waals surface area contributed by atoms with Crippen molar-refractivity contribution in [3.8, 4) is 11.5 Å². The van der Waals surface area contributed by atoms with Crippen molar-refractivity contribution < 1.29 is 29.3 Å². The molecule has 2 atom stereocenters. The van der Waals surface area contributed by atoms with Gasteiger partial charge in [-0.2, -0.15) is 0 Å². The second-order valence-electron chi connectivity index (χ2n) is 12.1. The second-order valence-corrected chi connectivity index (χ2v) is 12.1. The van der Waals surface area contributed by atoms with Gasteiger partial charge in [-0.1, -0.05) is 30.3 Å². The molecule has 2 aromatic rings. The zero-order valence-electron chi connectivity index (χ0n) is 23.7. The molecule has 0 aromatic heterocycles. The van der Waals surface area contributed by atoms with Gasteiger partial charge in [0.2, 0.25) is 11.8 Å². The number of carbonyl (C=O) groups is 3. The molecule has 2 unspecified atom stereocenters. The van der Waals surface area contributed by atoms with Gasteiger partial charge in [0.25, 0.3) is 0 Å². The lowest BCUT2D eigenvalue weighted by Gasteiger charge is -2.44. The molecular formula is C30H41N3O6. The third-order valence-electron chi connectivity index (χ3n) is 6.34. The maximum absolute atomic E-state index is 14.4. The third kappa shape index (κ3) is 8.37. The number of nitrogens with zero attached hydrogens (tertiary/aromatic N) is 1. The van der Waals surface area contributed by atoms with E-state index in [-0.39, 0.29) is 24.0 Å². The number of hydrogen-bond acceptors (Lipinski definition) is 6. The molecule has 1 saturated carbocycles. The quantitative estimate of drug-likeness (QED) is 0.389. The summed E-state index contributed by atoms with van der Waals surface area (Å²) in [4.78, 5) is 42.5. The summed E-state index contributed by atoms with van der Waals surface area (Å²) < 4.78 is 5.45. The molecule has 0 aliphatic heterocycles. The van der Waals surface area contributed by atoms with E-state index in [1.54, 1.807) is 51.1 Å². The third-order valence-corrected chi connectivity index (χ3v) is 6.34. The fourth-order valence-electron chi connectivity index (χ4n) is 4.45. The Kier molecular flexibility index (Phi) is 9.14. The van der Waals surface area contributed by atoms with Gasteiger partial charge in [-0.05, 0) is 84.6 Å². The molecular weight excluding hydrogens is 498 g/mol. The molecule has 0 radical (unpaired) electrons. The molecule has 9 nitrogen and oxygen atoms in total. The lowest BCUT2D eigenvalue weighted by atomic mass is 9.87. The van der Waals surface area contributed by atoms with Crippen LogP contribution in [0.2, 0.25) is 0 Å². The predicted molar refractivity (Wildman–Crippen MR) is 148 cm³/mol. The molecule has 0 bridgehead atoms. The minimum absolute atomic E-state index is 0.0799. The van der Waals surface area contributed by atoms with Crippen molar-refractivity contribution in [3.05, 3.63) is 59.7 Å². The molecule has 1 aliphatic carbocycles. The van der Waals surface area contributed by atoms with Crippen LogP contribution < -0.4 is 10.6 Å². The Balaban J connectivity index is 2.06. The summed E-state index contributed by atoms with van der Waals surface area (Å²) >= 11 is 0. The van der Waals surface area contributed by atoms with E-state index in [9.17, 15) is 24.6 Å². The minimum atomic E-state index is -1.12. The number of benzene rings is 2. The highest BCUT2D eigenvalue weighted by atomic mass is 16.6. The number of nitrogens with one attached hydrogen (secondary N) is 2. The maximum Gasteiger partial charge on any atom is 0.408 e. The van der Waals surface area contributed by atoms with Crippen LogP contribution in [-0.4, -0.2) is 56.2 Å². The number of alkyl carbamates (subject to hydrolysis) is 1. The van der Waals surface area contributed by atoms with Gasteiger partial charge in [0.15, 0.2) is 0 Å². The van der Waals surface area contributed by atoms with E-state index in [0.29, 0.717) is 24.0 Å². The largest absolute Gasteiger partial charge is 0.508 e. The summed E-state index contributed by atoms with van der Waals surface area (Å²) in [6.45, 7) is 10.7. The van der Waals surface area contributed by atoms with Crippen LogP contribution in [-0.2, 0) is 20.7 Å². The van der Waals surface area contributed by atoms with Crippen LogP contribution in [0.1, 0.15) is 78.0 Å². The highest BCUT2D eigenvalue weighted by molar-refractivity contribution is 5.93. The van der Waals surface area contributed by atoms with Crippen LogP contribution in [0.15, 0.2) is 48.5 Å². The Bertz CT molecular complexity index is 1160. The maximum atomic E-state index is 14.4. The summed E-state index contributed by atoms with van der Waals surface area (Å²) in [7, 11) is 0. The average molecular weight is 540 g/mol. The molecule has 3 amide bonds. The van der Waals surface area contributed by atoms with Gasteiger partial charge >= 0.3 is 6.09 Å². The normalized spacial score (nSPS) is 15.4. The number of phenolic OH excluding ortho intramolecular Hbond substituents is 2. The van der Waals surface area contributed by atoms with E-state index in [4.69, 9.17) is 4.74 Å². The molecule has 0 saturated heterocycles. The molecule has 0 spiro atoms. The van der Waals surface area contributed by atoms with Crippen LogP contribution in [0.5, 0.6) is 11.5 Å². The van der Waals surface area contributed by atoms with E-state index >= 15 is 0 Å². The Morgan fingerprint density at radius 2 is 1.59 bits per heavy atom. The molecule has 4 N–H and O–H groups in total. The van der Waals surface area contributed by atoms with E-state index in [1.165, 1.54) is 23.1 Å². The lowest BCUT2D eigenvalue weighted by Crippen LogP contribution is -2.59. The number of aromatic hydroxyl groups is 2. The Labute approximate surface area is 230 Å². The van der Waals surface area contributed by atoms with Gasteiger partial charge in [0, 0.05) is 23.6 Å². The highest BCUT2D eigenvalue weighted by Crippen LogP contribution is 2.37. The second kappa shape index (κ2) is 12.0. The number of carbonyl (C=O) groups excluding carboxylic acids is 3. The Morgan fingerprint density at radius 3 is 2.10 bits per heavy atom. The number of hydrogen-bond donors (Lipinski definition) is 4. The molecule has 0 heterocycles. The smallest absolute Gasteiger partial charge is 0.408 e. The van der Waals surface area contributed by atoms with E-state index in [0.717, 1.165) is 6.42 Å². The number of amides is 3. The zero-order chi connectivity index (χ0) is 29.0. The molecule has 9 heteroatoms. The van der Waals surface area contributed by atoms with Gasteiger partial charge in [-0.25, -0.2) is 4.79 Å². The van der Waals surface area contributed by atoms with Gasteiger partial charge in [0.05, 0.1) is 0 Å². The van der Waals surface area contributed by atoms with Gasteiger partial charge in [0.1, 0.15) is 29.2 Å². The Hall–Kier alpha value is -3.75. The number of phenols is 2. The number of para-hydroxylation sites is 1. The fraction of sp³-hybridized carbons (Fsp3) is 0.500. The Morgan fingerprint density at radius 1 is 0.974 bits per heavy atom. The fourth-order valence-corrected chi connectivity index (χ4v) is 4.45. The van der Waals surface area contributed by atoms with Crippen molar-refractivity contribution in [2.75, 3.05) is 0 Å². The van der Waals surface area contributed by atoms with E-state index in [2.05, 4.69) is 10.6 Å². The van der Waals surface area contributed by atoms with Crippen LogP contribution in [0.4, 0.5) is 4.79 Å². The van der Waals surface area contributed by atoms with Crippen molar-refractivity contribution in [1.29, 1.82) is 0 Å². The van der Waals surface area contributed by atoms with E-state index in [1.807, 2.05) is 20.8 Å². The monoisotopic (exact) mass is 539 g/mol. The van der Waals surface area contributed by atoms with Crippen molar-refractivity contribution >= 4 is 17.9 Å². The first kappa shape index (κ1) is 29.8. The SMILES string of the molecule is CC(C)(C)NC(=O)C(c1ccccc1O)N(C(=O)C(Cc1ccc(O)cc1)NC(=O)OC(C)(C)C)C1CCC1. The minimum Gasteiger partial charge on any atom is -0.508 e. The van der Waals surface area contributed by atoms with Crippen LogP contribution in [0, 0.1) is 0 Å². The lowest BCUT2D eigenvalue weighted by molar-refractivity contribution is -0.148. The zero-order valence-corrected chi connectivity index (χ0v) is 23.7. The van der Waals surface area contributed by atoms with Crippen LogP contribution in [0.3, 0.4) is 0 Å². The van der Waals surface area contributed by atoms with E-state index < -0.39 is 41.1 Å². The summed E-state index contributed by atoms with van der Waals surface area (Å²) in [5, 5.41) is 26.2. The number of rotatable bonds is 8. The van der Waals surface area contributed by atoms with Crippen molar-refractivity contribution in [2.24, 2.45) is 0 Å². The standard InChI is InChI=1S/C30H41N3O6/c1-29(2,3)32-26(36)25(22-12-7-8-13-24(22)35)33(20-10-9-11-20)27(37)23(31-28(38)39-30(4,5)6)18-19-14-16-21(34)17-15-19/h7-8,12-17,20,23,25,34-35H,9-11,18H2,1-6H3,(H,31,38)(H,32,36). The summed E-state index contributed by atoms with van der Waals surface area (Å²) in [6, 6.07) is 10.4. The van der Waals surface area contributed by atoms with Crippen LogP contribution >= 0.6 is 0 Å². The number of ether oxygens (including phenoxy) is 1. The molecule has 2 aromatic carbocycles. The first-order valence-corrected chi connectivity index (χ1v) is 13.3. The van der Waals surface area contributed by atoms with Crippen molar-refractivity contribution in [2.45, 2.75) is 96.5 Å². The molecule has 39 heavy (non-hydrogen) atoms. The van der Waals surface area contributed by atoms with Gasteiger partial charge < -0.3 is 30.5 Å². The molecule has 1 fully saturated rings. The predicted octanol–water partition coefficient (Wildman–Crippen LogP) is 4.57. The van der Waals surface area contributed by atoms with Crippen molar-refractivity contribution in [3.63, 3.8) is 0 Å². The van der Waals surface area contributed by atoms with Gasteiger partial charge in [-0.15, -0.1) is 0 Å². The summed E-state index contributed by atoms with van der Waals surface area (Å²) in [5.74, 6) is -0.906. The highest BCUT2D eigenvalue weighted by Gasteiger charge is 2.43. The average Bonchev–Trinajstić information content (AvgIpc) is 2.76. The topological polar surface area (TPSA) is 128 Å². The summed E-state index contributed by atoms with van der Waals surface area (Å²) in [6.07, 6.45) is 1.63. The van der Waals surface area contributed by atoms with Crippen LogP contribution in [0.25, 0.3) is 0 Å². The van der Waals surface area contributed by atoms with Gasteiger partial charge in [-0.3, -0.25) is 9.59 Å². The van der Waals surface area contributed by atoms with Crippen molar-refractivity contribution in [1.82, 2.24) is 15.5 Å². The first-order valence-electron chi connectivity index (χ1n) is 13.3. The molecule has 212 valence electrons. The first-order chi connectivity index (χ1) is 18.1. The molecule has 1 aliphatic rings. The summed E-state index contributed by atoms with van der Waals surface area (Å²) in [5.41, 5.74) is -0.363.